The Morgan fingerprint density at radius 3 is 2.06 bits per heavy atom. The van der Waals surface area contributed by atoms with Crippen molar-refractivity contribution in [3.63, 3.8) is 0 Å². The van der Waals surface area contributed by atoms with Gasteiger partial charge in [-0.15, -0.1) is 0 Å². The van der Waals surface area contributed by atoms with Crippen LogP contribution in [-0.4, -0.2) is 64.3 Å². The Hall–Kier alpha value is -3.26. The number of aliphatic carboxylic acids is 2. The largest absolute Gasteiger partial charge is 0.478 e. The molecule has 2 aromatic rings. The van der Waals surface area contributed by atoms with Crippen molar-refractivity contribution in [2.75, 3.05) is 25.0 Å². The van der Waals surface area contributed by atoms with Gasteiger partial charge in [-0.2, -0.15) is 0 Å². The van der Waals surface area contributed by atoms with E-state index in [4.69, 9.17) is 15.2 Å². The molecule has 0 radical (unpaired) electrons. The lowest BCUT2D eigenvalue weighted by molar-refractivity contribution is -0.134. The number of piperazine rings is 1. The van der Waals surface area contributed by atoms with Gasteiger partial charge in [-0.05, 0) is 81.5 Å². The van der Waals surface area contributed by atoms with Gasteiger partial charge < -0.3 is 15.1 Å². The number of pyridine rings is 1. The molecule has 194 valence electrons. The van der Waals surface area contributed by atoms with Gasteiger partial charge in [-0.25, -0.2) is 19.0 Å². The number of aromatic nitrogens is 1. The number of hydrogen-bond donors (Lipinski definition) is 2. The lowest BCUT2D eigenvalue weighted by Crippen LogP contribution is -2.55. The summed E-state index contributed by atoms with van der Waals surface area (Å²) < 4.78 is 13.5. The molecule has 2 atom stereocenters. The molecule has 0 spiro atoms. The maximum atomic E-state index is 13.5. The first-order valence-electron chi connectivity index (χ1n) is 12.5. The molecular formula is C28H36FN3O4. The Morgan fingerprint density at radius 2 is 1.50 bits per heavy atom. The number of rotatable bonds is 4. The normalized spacial score (nSPS) is 20.6. The first-order valence-corrected chi connectivity index (χ1v) is 12.5. The zero-order chi connectivity index (χ0) is 26.2. The van der Waals surface area contributed by atoms with E-state index in [0.717, 1.165) is 37.3 Å². The summed E-state index contributed by atoms with van der Waals surface area (Å²) in [5, 5.41) is 15.6. The van der Waals surface area contributed by atoms with Gasteiger partial charge >= 0.3 is 11.9 Å². The number of nitrogens with zero attached hydrogens (tertiary/aromatic N) is 3. The van der Waals surface area contributed by atoms with Crippen LogP contribution >= 0.6 is 0 Å². The third-order valence-electron chi connectivity index (χ3n) is 6.99. The highest BCUT2D eigenvalue weighted by Crippen LogP contribution is 2.34. The molecule has 2 heterocycles. The number of aryl methyl sites for hydroxylation is 1. The van der Waals surface area contributed by atoms with Crippen LogP contribution in [0.1, 0.15) is 50.8 Å². The quantitative estimate of drug-likeness (QED) is 0.587. The van der Waals surface area contributed by atoms with Crippen molar-refractivity contribution < 1.29 is 24.2 Å². The number of carbonyl (C=O) groups is 2. The zero-order valence-electron chi connectivity index (χ0n) is 21.3. The van der Waals surface area contributed by atoms with E-state index < -0.39 is 11.9 Å². The van der Waals surface area contributed by atoms with E-state index in [1.807, 2.05) is 12.1 Å². The van der Waals surface area contributed by atoms with Crippen molar-refractivity contribution in [3.05, 3.63) is 59.6 Å². The van der Waals surface area contributed by atoms with Crippen molar-refractivity contribution in [2.24, 2.45) is 0 Å². The van der Waals surface area contributed by atoms with Crippen LogP contribution in [0, 0.1) is 5.82 Å². The zero-order valence-corrected chi connectivity index (χ0v) is 21.3. The van der Waals surface area contributed by atoms with Gasteiger partial charge in [-0.1, -0.05) is 25.0 Å². The number of anilines is 1. The number of carboxylic acid groups (broad SMARTS) is 2. The van der Waals surface area contributed by atoms with Gasteiger partial charge in [-0.3, -0.25) is 4.90 Å². The summed E-state index contributed by atoms with van der Waals surface area (Å²) in [5.41, 5.74) is 5.00. The van der Waals surface area contributed by atoms with Crippen LogP contribution < -0.4 is 4.90 Å². The second-order valence-corrected chi connectivity index (χ2v) is 9.65. The molecule has 2 N–H and O–H groups in total. The van der Waals surface area contributed by atoms with Gasteiger partial charge in [0.05, 0.1) is 0 Å². The standard InChI is InChI=1S/C24H32FN3.C4H4O4/c1-17-15-28(16-18(2)27(17)3)24-14-22(19-10-12-20(25)13-11-19)21-8-6-4-5-7-9-23(21)26-24;5-3(6)1-2-4(7)8/h10-14,17-18H,4-9,15-16H2,1-3H3;1-2H,(H,5,6)(H,7,8). The van der Waals surface area contributed by atoms with Gasteiger partial charge in [0.2, 0.25) is 0 Å². The number of benzene rings is 1. The fourth-order valence-electron chi connectivity index (χ4n) is 4.83. The van der Waals surface area contributed by atoms with E-state index in [0.29, 0.717) is 24.2 Å². The molecule has 1 aromatic carbocycles. The third kappa shape index (κ3) is 7.37. The Balaban J connectivity index is 0.000000392. The lowest BCUT2D eigenvalue weighted by Gasteiger charge is -2.43. The van der Waals surface area contributed by atoms with E-state index in [1.54, 1.807) is 12.1 Å². The van der Waals surface area contributed by atoms with Gasteiger partial charge in [0.15, 0.2) is 0 Å². The maximum absolute atomic E-state index is 13.5. The predicted octanol–water partition coefficient (Wildman–Crippen LogP) is 4.79. The molecule has 36 heavy (non-hydrogen) atoms. The smallest absolute Gasteiger partial charge is 0.328 e. The van der Waals surface area contributed by atoms with Crippen LogP contribution in [0.2, 0.25) is 0 Å². The number of halogens is 1. The number of hydrogen-bond acceptors (Lipinski definition) is 5. The first kappa shape index (κ1) is 27.3. The number of carboxylic acids is 2. The lowest BCUT2D eigenvalue weighted by atomic mass is 9.90. The summed E-state index contributed by atoms with van der Waals surface area (Å²) in [7, 11) is 2.21. The monoisotopic (exact) mass is 497 g/mol. The maximum Gasteiger partial charge on any atom is 0.328 e. The van der Waals surface area contributed by atoms with Gasteiger partial charge in [0.1, 0.15) is 11.6 Å². The Kier molecular flexibility index (Phi) is 9.58. The molecular weight excluding hydrogens is 461 g/mol. The minimum Gasteiger partial charge on any atom is -0.478 e. The number of likely N-dealkylation sites (N-methyl/N-ethyl adjacent to an activating group) is 1. The summed E-state index contributed by atoms with van der Waals surface area (Å²) in [6.45, 7) is 6.57. The molecule has 1 aromatic heterocycles. The van der Waals surface area contributed by atoms with Crippen molar-refractivity contribution in [1.82, 2.24) is 9.88 Å². The van der Waals surface area contributed by atoms with Crippen molar-refractivity contribution >= 4 is 17.8 Å². The molecule has 4 rings (SSSR count). The number of fused-ring (bicyclic) bond motifs is 1. The second kappa shape index (κ2) is 12.6. The summed E-state index contributed by atoms with van der Waals surface area (Å²) in [6.07, 6.45) is 8.25. The summed E-state index contributed by atoms with van der Waals surface area (Å²) in [4.78, 5) is 29.2. The van der Waals surface area contributed by atoms with Crippen LogP contribution in [0.3, 0.4) is 0 Å². The fourth-order valence-corrected chi connectivity index (χ4v) is 4.83. The van der Waals surface area contributed by atoms with Crippen LogP contribution in [0.25, 0.3) is 11.1 Å². The molecule has 0 bridgehead atoms. The summed E-state index contributed by atoms with van der Waals surface area (Å²) in [5.74, 6) is -1.60. The molecule has 1 saturated heterocycles. The predicted molar refractivity (Wildman–Crippen MR) is 139 cm³/mol. The highest BCUT2D eigenvalue weighted by atomic mass is 19.1. The average molecular weight is 498 g/mol. The minimum absolute atomic E-state index is 0.178. The van der Waals surface area contributed by atoms with E-state index in [1.165, 1.54) is 42.5 Å². The van der Waals surface area contributed by atoms with E-state index in [9.17, 15) is 14.0 Å². The average Bonchev–Trinajstić information content (AvgIpc) is 2.82. The van der Waals surface area contributed by atoms with Crippen LogP contribution in [0.4, 0.5) is 10.2 Å². The molecule has 2 unspecified atom stereocenters. The molecule has 0 amide bonds. The fraction of sp³-hybridized carbons (Fsp3) is 0.464. The first-order chi connectivity index (χ1) is 17.2. The molecule has 1 aliphatic heterocycles. The van der Waals surface area contributed by atoms with Gasteiger partial charge in [0, 0.05) is 43.0 Å². The SMILES string of the molecule is CC1CN(c2cc(-c3ccc(F)cc3)c3c(n2)CCCCCC3)CC(C)N1C.O=C(O)C=CC(=O)O. The van der Waals surface area contributed by atoms with Crippen LogP contribution in [-0.2, 0) is 22.4 Å². The Labute approximate surface area is 212 Å². The van der Waals surface area contributed by atoms with Crippen molar-refractivity contribution in [2.45, 2.75) is 64.5 Å². The minimum atomic E-state index is -1.26. The van der Waals surface area contributed by atoms with E-state index >= 15 is 0 Å². The molecule has 8 heteroatoms. The van der Waals surface area contributed by atoms with Crippen molar-refractivity contribution in [1.29, 1.82) is 0 Å². The molecule has 1 fully saturated rings. The van der Waals surface area contributed by atoms with E-state index in [-0.39, 0.29) is 5.82 Å². The van der Waals surface area contributed by atoms with Crippen LogP contribution in [0.15, 0.2) is 42.5 Å². The topological polar surface area (TPSA) is 94.0 Å². The summed E-state index contributed by atoms with van der Waals surface area (Å²) in [6, 6.07) is 10.3. The Bertz CT molecular complexity index is 1060. The molecule has 7 nitrogen and oxygen atoms in total. The molecule has 2 aliphatic rings. The highest BCUT2D eigenvalue weighted by molar-refractivity contribution is 5.89. The molecule has 0 saturated carbocycles. The third-order valence-corrected chi connectivity index (χ3v) is 6.99. The van der Waals surface area contributed by atoms with Crippen LogP contribution in [0.5, 0.6) is 0 Å². The van der Waals surface area contributed by atoms with Gasteiger partial charge in [0.25, 0.3) is 0 Å². The van der Waals surface area contributed by atoms with Crippen molar-refractivity contribution in [3.8, 4) is 11.1 Å². The van der Waals surface area contributed by atoms with E-state index in [2.05, 4.69) is 36.8 Å². The highest BCUT2D eigenvalue weighted by Gasteiger charge is 2.28. The molecule has 1 aliphatic carbocycles. The summed E-state index contributed by atoms with van der Waals surface area (Å²) >= 11 is 0. The Morgan fingerprint density at radius 1 is 0.944 bits per heavy atom. The second-order valence-electron chi connectivity index (χ2n) is 9.65.